The lowest BCUT2D eigenvalue weighted by molar-refractivity contribution is 0.0706. The van der Waals surface area contributed by atoms with Crippen molar-refractivity contribution >= 4 is 11.7 Å². The number of aromatic nitrogens is 4. The number of likely N-dealkylation sites (tertiary alicyclic amines) is 1. The van der Waals surface area contributed by atoms with Crippen LogP contribution in [0.25, 0.3) is 0 Å². The molecule has 0 N–H and O–H groups in total. The summed E-state index contributed by atoms with van der Waals surface area (Å²) < 4.78 is 1.74. The Bertz CT molecular complexity index is 713. The second-order valence-electron chi connectivity index (χ2n) is 6.45. The average molecular weight is 328 g/mol. The lowest BCUT2D eigenvalue weighted by Gasteiger charge is -2.37. The molecule has 0 aliphatic carbocycles. The van der Waals surface area contributed by atoms with Gasteiger partial charge in [-0.2, -0.15) is 5.10 Å². The number of carbonyl (C=O) groups excluding carboxylic acids is 1. The molecule has 24 heavy (non-hydrogen) atoms. The molecule has 0 saturated carbocycles. The van der Waals surface area contributed by atoms with E-state index in [1.165, 1.54) is 0 Å². The zero-order valence-electron chi connectivity index (χ0n) is 14.7. The average Bonchev–Trinajstić information content (AvgIpc) is 2.93. The molecule has 1 fully saturated rings. The lowest BCUT2D eigenvalue weighted by Crippen LogP contribution is -2.46. The van der Waals surface area contributed by atoms with Gasteiger partial charge in [0, 0.05) is 50.7 Å². The highest BCUT2D eigenvalue weighted by Crippen LogP contribution is 2.21. The quantitative estimate of drug-likeness (QED) is 0.855. The maximum atomic E-state index is 12.6. The molecule has 1 amide bonds. The van der Waals surface area contributed by atoms with Crippen LogP contribution >= 0.6 is 0 Å². The minimum Gasteiger partial charge on any atom is -0.356 e. The summed E-state index contributed by atoms with van der Waals surface area (Å²) in [7, 11) is 3.92. The van der Waals surface area contributed by atoms with Gasteiger partial charge in [-0.3, -0.25) is 9.48 Å². The van der Waals surface area contributed by atoms with E-state index in [0.29, 0.717) is 11.7 Å². The van der Waals surface area contributed by atoms with Crippen LogP contribution in [0.2, 0.25) is 0 Å². The van der Waals surface area contributed by atoms with Gasteiger partial charge in [0.05, 0.1) is 0 Å². The van der Waals surface area contributed by atoms with Gasteiger partial charge in [-0.1, -0.05) is 0 Å². The highest BCUT2D eigenvalue weighted by atomic mass is 16.2. The Kier molecular flexibility index (Phi) is 4.51. The van der Waals surface area contributed by atoms with Crippen molar-refractivity contribution in [2.75, 3.05) is 25.0 Å². The largest absolute Gasteiger partial charge is 0.356 e. The topological polar surface area (TPSA) is 67.2 Å². The first-order valence-corrected chi connectivity index (χ1v) is 8.27. The summed E-state index contributed by atoms with van der Waals surface area (Å²) in [6.07, 6.45) is 3.46. The summed E-state index contributed by atoms with van der Waals surface area (Å²) >= 11 is 0. The van der Waals surface area contributed by atoms with E-state index in [-0.39, 0.29) is 5.91 Å². The molecular formula is C17H24N6O. The van der Waals surface area contributed by atoms with Gasteiger partial charge in [-0.05, 0) is 32.8 Å². The smallest absolute Gasteiger partial charge is 0.274 e. The van der Waals surface area contributed by atoms with Crippen molar-refractivity contribution in [1.82, 2.24) is 24.6 Å². The number of piperidine rings is 1. The molecule has 0 bridgehead atoms. The summed E-state index contributed by atoms with van der Waals surface area (Å²) in [5.74, 6) is 0.963. The van der Waals surface area contributed by atoms with Crippen molar-refractivity contribution in [1.29, 1.82) is 0 Å². The second kappa shape index (κ2) is 6.59. The van der Waals surface area contributed by atoms with Gasteiger partial charge in [-0.15, -0.1) is 0 Å². The van der Waals surface area contributed by atoms with Crippen LogP contribution in [-0.2, 0) is 7.05 Å². The Morgan fingerprint density at radius 1 is 1.21 bits per heavy atom. The Labute approximate surface area is 142 Å². The van der Waals surface area contributed by atoms with Crippen LogP contribution in [0.1, 0.15) is 34.7 Å². The normalized spacial score (nSPS) is 15.6. The van der Waals surface area contributed by atoms with E-state index in [1.807, 2.05) is 37.9 Å². The van der Waals surface area contributed by atoms with Gasteiger partial charge in [0.15, 0.2) is 5.69 Å². The molecule has 0 unspecified atom stereocenters. The summed E-state index contributed by atoms with van der Waals surface area (Å²) in [5.41, 5.74) is 2.49. The Morgan fingerprint density at radius 3 is 2.50 bits per heavy atom. The van der Waals surface area contributed by atoms with Crippen molar-refractivity contribution in [2.24, 2.45) is 7.05 Å². The number of hydrogen-bond acceptors (Lipinski definition) is 5. The SMILES string of the molecule is Cc1cc(N(C)C2CCN(C(=O)c3cc(C)n(C)n3)CC2)ncn1. The molecular weight excluding hydrogens is 304 g/mol. The van der Waals surface area contributed by atoms with Crippen LogP contribution in [0.5, 0.6) is 0 Å². The van der Waals surface area contributed by atoms with E-state index in [9.17, 15) is 4.79 Å². The zero-order valence-corrected chi connectivity index (χ0v) is 14.7. The van der Waals surface area contributed by atoms with Crippen molar-refractivity contribution in [2.45, 2.75) is 32.7 Å². The van der Waals surface area contributed by atoms with E-state index in [0.717, 1.165) is 43.1 Å². The van der Waals surface area contributed by atoms with E-state index in [4.69, 9.17) is 0 Å². The third-order valence-corrected chi connectivity index (χ3v) is 4.78. The summed E-state index contributed by atoms with van der Waals surface area (Å²) in [4.78, 5) is 25.2. The van der Waals surface area contributed by atoms with E-state index < -0.39 is 0 Å². The van der Waals surface area contributed by atoms with Crippen LogP contribution in [0.3, 0.4) is 0 Å². The number of aryl methyl sites for hydroxylation is 3. The summed E-state index contributed by atoms with van der Waals surface area (Å²) in [6, 6.07) is 4.23. The van der Waals surface area contributed by atoms with E-state index in [2.05, 4.69) is 27.0 Å². The zero-order chi connectivity index (χ0) is 17.3. The number of anilines is 1. The summed E-state index contributed by atoms with van der Waals surface area (Å²) in [6.45, 7) is 5.41. The predicted molar refractivity (Wildman–Crippen MR) is 92.0 cm³/mol. The highest BCUT2D eigenvalue weighted by molar-refractivity contribution is 5.92. The first-order chi connectivity index (χ1) is 11.5. The Morgan fingerprint density at radius 2 is 1.92 bits per heavy atom. The molecule has 0 spiro atoms. The molecule has 0 radical (unpaired) electrons. The molecule has 7 heteroatoms. The number of amides is 1. The first-order valence-electron chi connectivity index (χ1n) is 8.27. The third-order valence-electron chi connectivity index (χ3n) is 4.78. The minimum atomic E-state index is 0.0256. The number of rotatable bonds is 3. The molecule has 1 saturated heterocycles. The van der Waals surface area contributed by atoms with Crippen LogP contribution in [0.15, 0.2) is 18.5 Å². The molecule has 3 rings (SSSR count). The highest BCUT2D eigenvalue weighted by Gasteiger charge is 2.27. The van der Waals surface area contributed by atoms with Gasteiger partial charge in [0.1, 0.15) is 12.1 Å². The van der Waals surface area contributed by atoms with Crippen molar-refractivity contribution in [3.8, 4) is 0 Å². The van der Waals surface area contributed by atoms with Gasteiger partial charge < -0.3 is 9.80 Å². The molecule has 0 atom stereocenters. The Balaban J connectivity index is 1.62. The Hall–Kier alpha value is -2.44. The van der Waals surface area contributed by atoms with Crippen LogP contribution in [-0.4, -0.2) is 56.7 Å². The number of carbonyl (C=O) groups is 1. The molecule has 2 aromatic rings. The maximum absolute atomic E-state index is 12.6. The maximum Gasteiger partial charge on any atom is 0.274 e. The van der Waals surface area contributed by atoms with Gasteiger partial charge in [-0.25, -0.2) is 9.97 Å². The molecule has 7 nitrogen and oxygen atoms in total. The number of hydrogen-bond donors (Lipinski definition) is 0. The van der Waals surface area contributed by atoms with Crippen LogP contribution in [0.4, 0.5) is 5.82 Å². The van der Waals surface area contributed by atoms with Crippen LogP contribution < -0.4 is 4.90 Å². The standard InChI is InChI=1S/C17H24N6O/c1-12-9-16(19-11-18-12)21(3)14-5-7-23(8-6-14)17(24)15-10-13(2)22(4)20-15/h9-11,14H,5-8H2,1-4H3. The van der Waals surface area contributed by atoms with E-state index >= 15 is 0 Å². The minimum absolute atomic E-state index is 0.0256. The number of nitrogens with zero attached hydrogens (tertiary/aromatic N) is 6. The second-order valence-corrected chi connectivity index (χ2v) is 6.45. The predicted octanol–water partition coefficient (Wildman–Crippen LogP) is 1.57. The molecule has 1 aliphatic heterocycles. The lowest BCUT2D eigenvalue weighted by atomic mass is 10.0. The van der Waals surface area contributed by atoms with Gasteiger partial charge in [0.2, 0.25) is 0 Å². The van der Waals surface area contributed by atoms with E-state index in [1.54, 1.807) is 11.0 Å². The van der Waals surface area contributed by atoms with Crippen molar-refractivity contribution in [3.63, 3.8) is 0 Å². The molecule has 3 heterocycles. The molecule has 128 valence electrons. The fourth-order valence-electron chi connectivity index (χ4n) is 3.10. The van der Waals surface area contributed by atoms with Gasteiger partial charge >= 0.3 is 0 Å². The van der Waals surface area contributed by atoms with Crippen molar-refractivity contribution in [3.05, 3.63) is 35.5 Å². The fourth-order valence-corrected chi connectivity index (χ4v) is 3.10. The molecule has 1 aliphatic rings. The monoisotopic (exact) mass is 328 g/mol. The molecule has 0 aromatic carbocycles. The van der Waals surface area contributed by atoms with Gasteiger partial charge in [0.25, 0.3) is 5.91 Å². The first kappa shape index (κ1) is 16.4. The molecule has 2 aromatic heterocycles. The van der Waals surface area contributed by atoms with Crippen molar-refractivity contribution < 1.29 is 4.79 Å². The fraction of sp³-hybridized carbons (Fsp3) is 0.529. The third kappa shape index (κ3) is 3.25. The van der Waals surface area contributed by atoms with Crippen LogP contribution in [0, 0.1) is 13.8 Å². The summed E-state index contributed by atoms with van der Waals surface area (Å²) in [5, 5.41) is 4.29.